The van der Waals surface area contributed by atoms with E-state index in [0.29, 0.717) is 29.0 Å². The first-order valence-electron chi connectivity index (χ1n) is 6.52. The minimum absolute atomic E-state index is 0.102. The average molecular weight is 352 g/mol. The van der Waals surface area contributed by atoms with Gasteiger partial charge in [0.05, 0.1) is 5.71 Å². The van der Waals surface area contributed by atoms with Crippen molar-refractivity contribution < 1.29 is 14.3 Å². The Labute approximate surface area is 131 Å². The first-order valence-corrected chi connectivity index (χ1v) is 7.32. The van der Waals surface area contributed by atoms with Gasteiger partial charge in [0.15, 0.2) is 0 Å². The smallest absolute Gasteiger partial charge is 0.129 e. The molecule has 0 saturated carbocycles. The van der Waals surface area contributed by atoms with E-state index in [4.69, 9.17) is 9.94 Å². The molecule has 0 aliphatic rings. The van der Waals surface area contributed by atoms with E-state index in [2.05, 4.69) is 21.1 Å². The van der Waals surface area contributed by atoms with Gasteiger partial charge in [-0.1, -0.05) is 40.1 Å². The number of halogens is 2. The first kappa shape index (κ1) is 15.5. The third-order valence-electron chi connectivity index (χ3n) is 3.04. The molecule has 0 heterocycles. The molecule has 0 atom stereocenters. The maximum absolute atomic E-state index is 13.7. The summed E-state index contributed by atoms with van der Waals surface area (Å²) in [7, 11) is 0. The molecule has 0 spiro atoms. The first-order chi connectivity index (χ1) is 10.2. The van der Waals surface area contributed by atoms with Gasteiger partial charge in [-0.25, -0.2) is 4.39 Å². The molecule has 3 nitrogen and oxygen atoms in total. The summed E-state index contributed by atoms with van der Waals surface area (Å²) in [5.74, 6) is 0.244. The second-order valence-electron chi connectivity index (χ2n) is 4.42. The number of hydrogen-bond donors (Lipinski definition) is 1. The summed E-state index contributed by atoms with van der Waals surface area (Å²) >= 11 is 3.31. The molecule has 0 saturated heterocycles. The van der Waals surface area contributed by atoms with Crippen LogP contribution >= 0.6 is 15.9 Å². The zero-order valence-electron chi connectivity index (χ0n) is 11.5. The standard InChI is InChI=1S/C16H15BrFNO2/c1-2-15(19-20)13-5-3-4-6-16(13)21-10-11-9-12(17)7-8-14(11)18/h3-9,20H,2,10H2,1H3/b19-15+. The van der Waals surface area contributed by atoms with Gasteiger partial charge in [0.2, 0.25) is 0 Å². The normalized spacial score (nSPS) is 11.5. The van der Waals surface area contributed by atoms with E-state index >= 15 is 0 Å². The minimum atomic E-state index is -0.317. The molecule has 0 fully saturated rings. The van der Waals surface area contributed by atoms with E-state index in [0.717, 1.165) is 4.47 Å². The van der Waals surface area contributed by atoms with Gasteiger partial charge >= 0.3 is 0 Å². The van der Waals surface area contributed by atoms with E-state index in [1.165, 1.54) is 6.07 Å². The van der Waals surface area contributed by atoms with E-state index in [1.54, 1.807) is 18.2 Å². The molecule has 1 N–H and O–H groups in total. The van der Waals surface area contributed by atoms with Crippen molar-refractivity contribution >= 4 is 21.6 Å². The van der Waals surface area contributed by atoms with Crippen LogP contribution < -0.4 is 4.74 Å². The van der Waals surface area contributed by atoms with Gasteiger partial charge in [0.1, 0.15) is 18.2 Å². The van der Waals surface area contributed by atoms with Crippen LogP contribution in [0.1, 0.15) is 24.5 Å². The summed E-state index contributed by atoms with van der Waals surface area (Å²) < 4.78 is 20.2. The van der Waals surface area contributed by atoms with Gasteiger partial charge < -0.3 is 9.94 Å². The van der Waals surface area contributed by atoms with Crippen LogP contribution in [0, 0.1) is 5.82 Å². The van der Waals surface area contributed by atoms with Crippen molar-refractivity contribution in [2.45, 2.75) is 20.0 Å². The van der Waals surface area contributed by atoms with Crippen LogP contribution in [0.2, 0.25) is 0 Å². The van der Waals surface area contributed by atoms with E-state index in [-0.39, 0.29) is 12.4 Å². The monoisotopic (exact) mass is 351 g/mol. The van der Waals surface area contributed by atoms with Crippen molar-refractivity contribution in [3.05, 3.63) is 63.9 Å². The van der Waals surface area contributed by atoms with Gasteiger partial charge in [-0.2, -0.15) is 0 Å². The summed E-state index contributed by atoms with van der Waals surface area (Å²) in [4.78, 5) is 0. The maximum Gasteiger partial charge on any atom is 0.129 e. The Hall–Kier alpha value is -1.88. The molecule has 2 aromatic rings. The molecule has 0 radical (unpaired) electrons. The van der Waals surface area contributed by atoms with Gasteiger partial charge in [0.25, 0.3) is 0 Å². The van der Waals surface area contributed by atoms with Crippen LogP contribution in [0.5, 0.6) is 5.75 Å². The molecule has 0 aromatic heterocycles. The summed E-state index contributed by atoms with van der Waals surface area (Å²) in [5.41, 5.74) is 1.69. The number of nitrogens with zero attached hydrogens (tertiary/aromatic N) is 1. The molecule has 110 valence electrons. The largest absolute Gasteiger partial charge is 0.488 e. The van der Waals surface area contributed by atoms with Gasteiger partial charge in [-0.15, -0.1) is 0 Å². The number of hydrogen-bond acceptors (Lipinski definition) is 3. The minimum Gasteiger partial charge on any atom is -0.488 e. The number of ether oxygens (including phenoxy) is 1. The number of para-hydroxylation sites is 1. The third kappa shape index (κ3) is 3.82. The molecule has 0 aliphatic heterocycles. The van der Waals surface area contributed by atoms with Gasteiger partial charge in [-0.05, 0) is 36.8 Å². The zero-order valence-corrected chi connectivity index (χ0v) is 13.1. The van der Waals surface area contributed by atoms with Crippen LogP contribution in [0.25, 0.3) is 0 Å². The Morgan fingerprint density at radius 3 is 2.76 bits per heavy atom. The molecule has 0 bridgehead atoms. The molecular formula is C16H15BrFNO2. The fourth-order valence-corrected chi connectivity index (χ4v) is 2.36. The number of rotatable bonds is 5. The second kappa shape index (κ2) is 7.22. The van der Waals surface area contributed by atoms with Crippen LogP contribution in [0.3, 0.4) is 0 Å². The highest BCUT2D eigenvalue weighted by molar-refractivity contribution is 9.10. The zero-order chi connectivity index (χ0) is 15.2. The van der Waals surface area contributed by atoms with Crippen molar-refractivity contribution in [3.8, 4) is 5.75 Å². The van der Waals surface area contributed by atoms with Gasteiger partial charge in [-0.3, -0.25) is 0 Å². The lowest BCUT2D eigenvalue weighted by Crippen LogP contribution is -2.05. The van der Waals surface area contributed by atoms with Crippen molar-refractivity contribution in [3.63, 3.8) is 0 Å². The third-order valence-corrected chi connectivity index (χ3v) is 3.54. The van der Waals surface area contributed by atoms with E-state index in [1.807, 2.05) is 25.1 Å². The molecule has 5 heteroatoms. The topological polar surface area (TPSA) is 41.8 Å². The predicted octanol–water partition coefficient (Wildman–Crippen LogP) is 4.76. The van der Waals surface area contributed by atoms with Crippen LogP contribution in [0.4, 0.5) is 4.39 Å². The number of oxime groups is 1. The highest BCUT2D eigenvalue weighted by Gasteiger charge is 2.10. The predicted molar refractivity (Wildman–Crippen MR) is 83.5 cm³/mol. The average Bonchev–Trinajstić information content (AvgIpc) is 2.50. The Bertz CT molecular complexity index is 658. The molecule has 2 aromatic carbocycles. The van der Waals surface area contributed by atoms with Crippen LogP contribution in [0.15, 0.2) is 52.1 Å². The maximum atomic E-state index is 13.7. The molecule has 0 unspecified atom stereocenters. The highest BCUT2D eigenvalue weighted by atomic mass is 79.9. The Morgan fingerprint density at radius 1 is 1.29 bits per heavy atom. The Morgan fingerprint density at radius 2 is 2.05 bits per heavy atom. The van der Waals surface area contributed by atoms with Crippen LogP contribution in [-0.2, 0) is 6.61 Å². The molecule has 2 rings (SSSR count). The summed E-state index contributed by atoms with van der Waals surface area (Å²) in [6.45, 7) is 1.99. The van der Waals surface area contributed by atoms with Crippen molar-refractivity contribution in [2.24, 2.45) is 5.16 Å². The van der Waals surface area contributed by atoms with Crippen molar-refractivity contribution in [1.29, 1.82) is 0 Å². The summed E-state index contributed by atoms with van der Waals surface area (Å²) in [6.07, 6.45) is 0.572. The lowest BCUT2D eigenvalue weighted by molar-refractivity contribution is 0.297. The lowest BCUT2D eigenvalue weighted by Gasteiger charge is -2.12. The number of benzene rings is 2. The summed E-state index contributed by atoms with van der Waals surface area (Å²) in [6, 6.07) is 11.9. The SMILES string of the molecule is CC/C(=N\O)c1ccccc1OCc1cc(Br)ccc1F. The van der Waals surface area contributed by atoms with E-state index in [9.17, 15) is 4.39 Å². The molecular weight excluding hydrogens is 337 g/mol. The lowest BCUT2D eigenvalue weighted by atomic mass is 10.1. The second-order valence-corrected chi connectivity index (χ2v) is 5.34. The Kier molecular flexibility index (Phi) is 5.33. The highest BCUT2D eigenvalue weighted by Crippen LogP contribution is 2.23. The van der Waals surface area contributed by atoms with Crippen LogP contribution in [-0.4, -0.2) is 10.9 Å². The molecule has 21 heavy (non-hydrogen) atoms. The Balaban J connectivity index is 2.23. The van der Waals surface area contributed by atoms with Gasteiger partial charge in [0, 0.05) is 15.6 Å². The van der Waals surface area contributed by atoms with E-state index < -0.39 is 0 Å². The molecule has 0 aliphatic carbocycles. The van der Waals surface area contributed by atoms with Crippen molar-refractivity contribution in [1.82, 2.24) is 0 Å². The summed E-state index contributed by atoms with van der Waals surface area (Å²) in [5, 5.41) is 12.3. The molecule has 0 amide bonds. The quantitative estimate of drug-likeness (QED) is 0.479. The van der Waals surface area contributed by atoms with Crippen molar-refractivity contribution in [2.75, 3.05) is 0 Å². The fourth-order valence-electron chi connectivity index (χ4n) is 1.96. The fraction of sp³-hybridized carbons (Fsp3) is 0.188.